The van der Waals surface area contributed by atoms with Crippen molar-refractivity contribution in [3.8, 4) is 11.3 Å². The lowest BCUT2D eigenvalue weighted by molar-refractivity contribution is -0.660. The van der Waals surface area contributed by atoms with E-state index in [0.29, 0.717) is 5.69 Å². The van der Waals surface area contributed by atoms with E-state index in [0.717, 1.165) is 44.3 Å². The molecular formula is C21H17N2O+. The molecule has 2 heterocycles. The molecule has 0 bridgehead atoms. The number of rotatable bonds is 1. The maximum absolute atomic E-state index is 7.84. The molecule has 0 N–H and O–H groups in total. The minimum absolute atomic E-state index is 0.667. The van der Waals surface area contributed by atoms with Gasteiger partial charge in [0.15, 0.2) is 6.20 Å². The standard InChI is InChI=1S/C21H17N2O/c1-13-8-7-10-16-19(13)20-17(24-16)12-14(2)18(21(20)22-3)15-9-5-6-11-23(15)4/h5-12H,1-2,4H3/q+1. The third kappa shape index (κ3) is 1.93. The zero-order chi connectivity index (χ0) is 16.8. The molecule has 0 aliphatic carbocycles. The van der Waals surface area contributed by atoms with E-state index < -0.39 is 0 Å². The van der Waals surface area contributed by atoms with Gasteiger partial charge in [0.05, 0.1) is 12.1 Å². The summed E-state index contributed by atoms with van der Waals surface area (Å²) in [7, 11) is 2.01. The van der Waals surface area contributed by atoms with Crippen molar-refractivity contribution in [3.05, 3.63) is 71.2 Å². The number of benzene rings is 2. The molecule has 0 fully saturated rings. The number of furan rings is 1. The molecule has 116 valence electrons. The molecule has 3 heteroatoms. The molecule has 24 heavy (non-hydrogen) atoms. The largest absolute Gasteiger partial charge is 0.457 e. The van der Waals surface area contributed by atoms with Crippen LogP contribution < -0.4 is 4.57 Å². The number of hydrogen-bond donors (Lipinski definition) is 0. The second-order valence-electron chi connectivity index (χ2n) is 6.15. The Morgan fingerprint density at radius 2 is 1.79 bits per heavy atom. The zero-order valence-corrected chi connectivity index (χ0v) is 13.9. The number of fused-ring (bicyclic) bond motifs is 3. The van der Waals surface area contributed by atoms with E-state index in [-0.39, 0.29) is 0 Å². The van der Waals surface area contributed by atoms with Crippen molar-refractivity contribution >= 4 is 27.6 Å². The maximum atomic E-state index is 7.84. The first-order valence-corrected chi connectivity index (χ1v) is 7.89. The van der Waals surface area contributed by atoms with Crippen LogP contribution in [0.5, 0.6) is 0 Å². The summed E-state index contributed by atoms with van der Waals surface area (Å²) in [5, 5.41) is 1.96. The van der Waals surface area contributed by atoms with Crippen LogP contribution in [0.3, 0.4) is 0 Å². The van der Waals surface area contributed by atoms with Crippen molar-refractivity contribution in [3.63, 3.8) is 0 Å². The Morgan fingerprint density at radius 3 is 2.54 bits per heavy atom. The van der Waals surface area contributed by atoms with E-state index in [4.69, 9.17) is 11.0 Å². The Hall–Kier alpha value is -3.12. The second kappa shape index (κ2) is 5.21. The lowest BCUT2D eigenvalue weighted by Crippen LogP contribution is -2.30. The van der Waals surface area contributed by atoms with Crippen molar-refractivity contribution in [2.75, 3.05) is 0 Å². The molecule has 0 radical (unpaired) electrons. The lowest BCUT2D eigenvalue weighted by atomic mass is 9.97. The second-order valence-corrected chi connectivity index (χ2v) is 6.15. The van der Waals surface area contributed by atoms with Gasteiger partial charge in [0.1, 0.15) is 18.2 Å². The summed E-state index contributed by atoms with van der Waals surface area (Å²) >= 11 is 0. The molecule has 3 nitrogen and oxygen atoms in total. The van der Waals surface area contributed by atoms with Gasteiger partial charge in [-0.3, -0.25) is 0 Å². The van der Waals surface area contributed by atoms with Gasteiger partial charge in [-0.05, 0) is 43.2 Å². The van der Waals surface area contributed by atoms with Crippen molar-refractivity contribution in [1.82, 2.24) is 0 Å². The van der Waals surface area contributed by atoms with Crippen molar-refractivity contribution in [2.24, 2.45) is 7.05 Å². The molecule has 0 saturated carbocycles. The molecule has 0 amide bonds. The fraction of sp³-hybridized carbons (Fsp3) is 0.143. The molecule has 0 saturated heterocycles. The molecule has 0 unspecified atom stereocenters. The van der Waals surface area contributed by atoms with Crippen LogP contribution in [0.4, 0.5) is 5.69 Å². The lowest BCUT2D eigenvalue weighted by Gasteiger charge is -2.08. The van der Waals surface area contributed by atoms with Crippen molar-refractivity contribution in [1.29, 1.82) is 0 Å². The van der Waals surface area contributed by atoms with Gasteiger partial charge in [-0.1, -0.05) is 12.1 Å². The first-order valence-electron chi connectivity index (χ1n) is 7.89. The molecule has 0 atom stereocenters. The molecule has 2 aromatic carbocycles. The predicted molar refractivity (Wildman–Crippen MR) is 96.1 cm³/mol. The van der Waals surface area contributed by atoms with Gasteiger partial charge in [-0.25, -0.2) is 9.41 Å². The SMILES string of the molecule is [C-]#[N+]c1c(-c2cccc[n+]2C)c(C)cc2oc3cccc(C)c3c12. The molecular weight excluding hydrogens is 296 g/mol. The number of nitrogens with zero attached hydrogens (tertiary/aromatic N) is 2. The number of pyridine rings is 1. The summed E-state index contributed by atoms with van der Waals surface area (Å²) in [6.45, 7) is 11.9. The third-order valence-corrected chi connectivity index (χ3v) is 4.59. The van der Waals surface area contributed by atoms with Crippen LogP contribution in [0.1, 0.15) is 11.1 Å². The van der Waals surface area contributed by atoms with Crippen molar-refractivity contribution in [2.45, 2.75) is 13.8 Å². The average molecular weight is 313 g/mol. The summed E-state index contributed by atoms with van der Waals surface area (Å²) in [6, 6.07) is 14.1. The molecule has 4 rings (SSSR count). The minimum Gasteiger partial charge on any atom is -0.457 e. The van der Waals surface area contributed by atoms with E-state index >= 15 is 0 Å². The van der Waals surface area contributed by atoms with Crippen LogP contribution in [0, 0.1) is 20.4 Å². The van der Waals surface area contributed by atoms with Gasteiger partial charge >= 0.3 is 0 Å². The van der Waals surface area contributed by atoms with Crippen LogP contribution in [0.25, 0.3) is 38.0 Å². The Balaban J connectivity index is 2.24. The third-order valence-electron chi connectivity index (χ3n) is 4.59. The van der Waals surface area contributed by atoms with E-state index in [9.17, 15) is 0 Å². The Kier molecular flexibility index (Phi) is 3.14. The zero-order valence-electron chi connectivity index (χ0n) is 13.9. The van der Waals surface area contributed by atoms with Gasteiger partial charge in [-0.15, -0.1) is 0 Å². The van der Waals surface area contributed by atoms with Gasteiger partial charge in [0, 0.05) is 22.9 Å². The first kappa shape index (κ1) is 14.5. The average Bonchev–Trinajstić information content (AvgIpc) is 2.93. The summed E-state index contributed by atoms with van der Waals surface area (Å²) < 4.78 is 8.08. The first-order chi connectivity index (χ1) is 11.6. The molecule has 2 aromatic heterocycles. The van der Waals surface area contributed by atoms with Gasteiger partial charge in [0.2, 0.25) is 11.4 Å². The monoisotopic (exact) mass is 313 g/mol. The van der Waals surface area contributed by atoms with Crippen LogP contribution in [0.2, 0.25) is 0 Å². The fourth-order valence-corrected chi connectivity index (χ4v) is 3.47. The van der Waals surface area contributed by atoms with E-state index in [1.54, 1.807) is 0 Å². The van der Waals surface area contributed by atoms with E-state index in [1.165, 1.54) is 0 Å². The Morgan fingerprint density at radius 1 is 0.958 bits per heavy atom. The number of aromatic nitrogens is 1. The smallest absolute Gasteiger partial charge is 0.212 e. The van der Waals surface area contributed by atoms with Crippen LogP contribution in [0.15, 0.2) is 53.1 Å². The predicted octanol–water partition coefficient (Wildman–Crippen LogP) is 5.25. The van der Waals surface area contributed by atoms with Gasteiger partial charge in [-0.2, -0.15) is 0 Å². The fourth-order valence-electron chi connectivity index (χ4n) is 3.47. The molecule has 0 spiro atoms. The summed E-state index contributed by atoms with van der Waals surface area (Å²) in [4.78, 5) is 3.92. The quantitative estimate of drug-likeness (QED) is 0.347. The summed E-state index contributed by atoms with van der Waals surface area (Å²) in [5.41, 5.74) is 6.47. The molecule has 4 aromatic rings. The van der Waals surface area contributed by atoms with E-state index in [2.05, 4.69) is 28.5 Å². The topological polar surface area (TPSA) is 21.4 Å². The van der Waals surface area contributed by atoms with E-state index in [1.807, 2.05) is 50.5 Å². The highest BCUT2D eigenvalue weighted by atomic mass is 16.3. The van der Waals surface area contributed by atoms with Crippen LogP contribution in [-0.4, -0.2) is 0 Å². The van der Waals surface area contributed by atoms with Crippen LogP contribution in [-0.2, 0) is 7.05 Å². The Labute approximate surface area is 140 Å². The molecule has 0 aliphatic rings. The van der Waals surface area contributed by atoms with Crippen LogP contribution >= 0.6 is 0 Å². The minimum atomic E-state index is 0.667. The highest BCUT2D eigenvalue weighted by Gasteiger charge is 2.23. The molecule has 0 aliphatic heterocycles. The number of aryl methyl sites for hydroxylation is 3. The summed E-state index contributed by atoms with van der Waals surface area (Å²) in [5.74, 6) is 0. The maximum Gasteiger partial charge on any atom is 0.212 e. The van der Waals surface area contributed by atoms with Crippen molar-refractivity contribution < 1.29 is 8.98 Å². The normalized spacial score (nSPS) is 11.1. The Bertz CT molecular complexity index is 1150. The highest BCUT2D eigenvalue weighted by molar-refractivity contribution is 6.16. The summed E-state index contributed by atoms with van der Waals surface area (Å²) in [6.07, 6.45) is 2.01. The van der Waals surface area contributed by atoms with Gasteiger partial charge in [0.25, 0.3) is 0 Å². The van der Waals surface area contributed by atoms with Gasteiger partial charge < -0.3 is 4.42 Å². The number of hydrogen-bond acceptors (Lipinski definition) is 1. The highest BCUT2D eigenvalue weighted by Crippen LogP contribution is 2.44.